The number of nitrogens with one attached hydrogen (secondary N) is 1. The lowest BCUT2D eigenvalue weighted by Gasteiger charge is -2.34. The van der Waals surface area contributed by atoms with Gasteiger partial charge in [-0.2, -0.15) is 0 Å². The lowest BCUT2D eigenvalue weighted by Crippen LogP contribution is -2.46. The minimum Gasteiger partial charge on any atom is -0.357 e. The first-order chi connectivity index (χ1) is 14.3. The molecule has 6 nitrogen and oxygen atoms in total. The van der Waals surface area contributed by atoms with Crippen molar-refractivity contribution in [3.05, 3.63) is 23.9 Å². The van der Waals surface area contributed by atoms with E-state index in [1.165, 1.54) is 44.3 Å². The fraction of sp³-hybridized carbons (Fsp3) is 0.739. The van der Waals surface area contributed by atoms with Crippen LogP contribution in [0.4, 0.5) is 5.82 Å². The molecule has 3 fully saturated rings. The Bertz CT molecular complexity index is 650. The van der Waals surface area contributed by atoms with Crippen LogP contribution in [0.5, 0.6) is 0 Å². The summed E-state index contributed by atoms with van der Waals surface area (Å²) in [6.45, 7) is 13.9. The normalized spacial score (nSPS) is 25.9. The lowest BCUT2D eigenvalue weighted by molar-refractivity contribution is 0.270. The summed E-state index contributed by atoms with van der Waals surface area (Å²) in [5, 5.41) is 3.52. The van der Waals surface area contributed by atoms with E-state index in [-0.39, 0.29) is 0 Å². The zero-order valence-corrected chi connectivity index (χ0v) is 18.3. The zero-order chi connectivity index (χ0) is 20.1. The van der Waals surface area contributed by atoms with Gasteiger partial charge in [0.25, 0.3) is 0 Å². The maximum absolute atomic E-state index is 4.96. The molecule has 3 heterocycles. The fourth-order valence-corrected chi connectivity index (χ4v) is 5.16. The first kappa shape index (κ1) is 20.5. The van der Waals surface area contributed by atoms with Gasteiger partial charge in [-0.1, -0.05) is 25.8 Å². The molecule has 160 valence electrons. The summed E-state index contributed by atoms with van der Waals surface area (Å²) in [4.78, 5) is 17.1. The van der Waals surface area contributed by atoms with Gasteiger partial charge in [-0.15, -0.1) is 0 Å². The van der Waals surface area contributed by atoms with Crippen molar-refractivity contribution in [1.82, 2.24) is 20.1 Å². The number of hydrogen-bond acceptors (Lipinski definition) is 4. The molecule has 2 atom stereocenters. The van der Waals surface area contributed by atoms with E-state index in [1.807, 2.05) is 6.20 Å². The number of likely N-dealkylation sites (tertiary alicyclic amines) is 1. The second-order valence-electron chi connectivity index (χ2n) is 8.83. The Hall–Kier alpha value is -1.82. The van der Waals surface area contributed by atoms with Gasteiger partial charge in [0.15, 0.2) is 5.96 Å². The molecule has 2 aliphatic heterocycles. The van der Waals surface area contributed by atoms with E-state index in [0.717, 1.165) is 62.9 Å². The van der Waals surface area contributed by atoms with Crippen molar-refractivity contribution >= 4 is 11.8 Å². The number of piperazine rings is 1. The topological polar surface area (TPSA) is 47.0 Å². The molecule has 0 spiro atoms. The third-order valence-electron chi connectivity index (χ3n) is 6.97. The summed E-state index contributed by atoms with van der Waals surface area (Å²) in [5.41, 5.74) is 1.19. The number of aliphatic imine (C=N–C) groups is 1. The second kappa shape index (κ2) is 9.79. The highest BCUT2D eigenvalue weighted by Gasteiger charge is 2.35. The largest absolute Gasteiger partial charge is 0.357 e. The number of anilines is 1. The van der Waals surface area contributed by atoms with Crippen molar-refractivity contribution in [3.8, 4) is 0 Å². The minimum absolute atomic E-state index is 0.699. The Labute approximate surface area is 176 Å². The lowest BCUT2D eigenvalue weighted by atomic mass is 9.82. The highest BCUT2D eigenvalue weighted by Crippen LogP contribution is 2.36. The summed E-state index contributed by atoms with van der Waals surface area (Å²) in [6.07, 6.45) is 7.64. The van der Waals surface area contributed by atoms with Crippen LogP contribution in [-0.4, -0.2) is 73.1 Å². The van der Waals surface area contributed by atoms with Crippen molar-refractivity contribution in [2.45, 2.75) is 46.1 Å². The van der Waals surface area contributed by atoms with E-state index in [4.69, 9.17) is 9.98 Å². The number of aromatic nitrogens is 1. The van der Waals surface area contributed by atoms with E-state index in [1.54, 1.807) is 0 Å². The van der Waals surface area contributed by atoms with Gasteiger partial charge >= 0.3 is 0 Å². The van der Waals surface area contributed by atoms with Crippen LogP contribution in [0.3, 0.4) is 0 Å². The minimum atomic E-state index is 0.699. The monoisotopic (exact) mass is 398 g/mol. The summed E-state index contributed by atoms with van der Waals surface area (Å²) in [6, 6.07) is 4.37. The number of rotatable bonds is 5. The third kappa shape index (κ3) is 5.03. The third-order valence-corrected chi connectivity index (χ3v) is 6.97. The number of likely N-dealkylation sites (N-methyl/N-ethyl adjacent to an activating group) is 1. The molecular weight excluding hydrogens is 360 g/mol. The molecule has 3 aliphatic rings. The molecule has 0 aromatic carbocycles. The van der Waals surface area contributed by atoms with Crippen LogP contribution in [-0.2, 0) is 6.54 Å². The summed E-state index contributed by atoms with van der Waals surface area (Å²) >= 11 is 0. The van der Waals surface area contributed by atoms with Crippen molar-refractivity contribution < 1.29 is 0 Å². The van der Waals surface area contributed by atoms with Crippen LogP contribution < -0.4 is 10.2 Å². The molecule has 1 aromatic heterocycles. The average Bonchev–Trinajstić information content (AvgIpc) is 3.21. The van der Waals surface area contributed by atoms with Crippen LogP contribution in [0.2, 0.25) is 0 Å². The smallest absolute Gasteiger partial charge is 0.194 e. The van der Waals surface area contributed by atoms with Crippen molar-refractivity contribution in [3.63, 3.8) is 0 Å². The van der Waals surface area contributed by atoms with E-state index < -0.39 is 0 Å². The van der Waals surface area contributed by atoms with Crippen molar-refractivity contribution in [1.29, 1.82) is 0 Å². The van der Waals surface area contributed by atoms with Gasteiger partial charge in [0, 0.05) is 52.0 Å². The van der Waals surface area contributed by atoms with E-state index >= 15 is 0 Å². The summed E-state index contributed by atoms with van der Waals surface area (Å²) in [5.74, 6) is 3.94. The first-order valence-corrected chi connectivity index (χ1v) is 11.7. The van der Waals surface area contributed by atoms with E-state index in [0.29, 0.717) is 6.54 Å². The molecule has 1 N–H and O–H groups in total. The quantitative estimate of drug-likeness (QED) is 0.610. The highest BCUT2D eigenvalue weighted by molar-refractivity contribution is 5.80. The zero-order valence-electron chi connectivity index (χ0n) is 18.3. The first-order valence-electron chi connectivity index (χ1n) is 11.7. The molecule has 1 aliphatic carbocycles. The van der Waals surface area contributed by atoms with Gasteiger partial charge in [-0.05, 0) is 49.8 Å². The number of pyridine rings is 1. The Morgan fingerprint density at radius 1 is 1.07 bits per heavy atom. The Morgan fingerprint density at radius 2 is 1.79 bits per heavy atom. The number of hydrogen-bond donors (Lipinski definition) is 1. The van der Waals surface area contributed by atoms with E-state index in [9.17, 15) is 0 Å². The number of guanidine groups is 1. The molecule has 0 bridgehead atoms. The number of nitrogens with zero attached hydrogens (tertiary/aromatic N) is 5. The summed E-state index contributed by atoms with van der Waals surface area (Å²) < 4.78 is 0. The molecule has 29 heavy (non-hydrogen) atoms. The molecular formula is C23H38N6. The highest BCUT2D eigenvalue weighted by atomic mass is 15.3. The standard InChI is InChI=1S/C23H38N6/c1-3-24-23(29-17-20-7-5-6-8-21(20)18-29)26-16-19-9-10-22(25-15-19)28-13-11-27(4-2)12-14-28/h9-10,15,20-21H,3-8,11-14,16-18H2,1-2H3,(H,24,26). The van der Waals surface area contributed by atoms with Crippen molar-refractivity contribution in [2.24, 2.45) is 16.8 Å². The van der Waals surface area contributed by atoms with Crippen LogP contribution in [0.15, 0.2) is 23.3 Å². The van der Waals surface area contributed by atoms with Crippen LogP contribution in [0.1, 0.15) is 45.1 Å². The van der Waals surface area contributed by atoms with Gasteiger partial charge in [-0.3, -0.25) is 0 Å². The van der Waals surface area contributed by atoms with Gasteiger partial charge < -0.3 is 20.0 Å². The predicted molar refractivity (Wildman–Crippen MR) is 120 cm³/mol. The van der Waals surface area contributed by atoms with Gasteiger partial charge in [0.2, 0.25) is 0 Å². The number of fused-ring (bicyclic) bond motifs is 1. The maximum atomic E-state index is 4.96. The molecule has 1 aromatic rings. The molecule has 4 rings (SSSR count). The Morgan fingerprint density at radius 3 is 2.38 bits per heavy atom. The predicted octanol–water partition coefficient (Wildman–Crippen LogP) is 2.81. The molecule has 0 amide bonds. The second-order valence-corrected chi connectivity index (χ2v) is 8.83. The molecule has 6 heteroatoms. The van der Waals surface area contributed by atoms with Gasteiger partial charge in [-0.25, -0.2) is 9.98 Å². The van der Waals surface area contributed by atoms with Crippen molar-refractivity contribution in [2.75, 3.05) is 57.3 Å². The van der Waals surface area contributed by atoms with Crippen LogP contribution in [0, 0.1) is 11.8 Å². The summed E-state index contributed by atoms with van der Waals surface area (Å²) in [7, 11) is 0. The Balaban J connectivity index is 1.35. The van der Waals surface area contributed by atoms with Gasteiger partial charge in [0.1, 0.15) is 5.82 Å². The fourth-order valence-electron chi connectivity index (χ4n) is 5.16. The Kier molecular flexibility index (Phi) is 6.90. The van der Waals surface area contributed by atoms with Crippen LogP contribution in [0.25, 0.3) is 0 Å². The van der Waals surface area contributed by atoms with E-state index in [2.05, 4.69) is 46.0 Å². The van der Waals surface area contributed by atoms with Gasteiger partial charge in [0.05, 0.1) is 6.54 Å². The molecule has 0 radical (unpaired) electrons. The molecule has 1 saturated carbocycles. The average molecular weight is 399 g/mol. The molecule has 2 saturated heterocycles. The maximum Gasteiger partial charge on any atom is 0.194 e. The molecule has 2 unspecified atom stereocenters. The van der Waals surface area contributed by atoms with Crippen LogP contribution >= 0.6 is 0 Å². The SMILES string of the molecule is CCNC(=NCc1ccc(N2CCN(CC)CC2)nc1)N1CC2CCCCC2C1.